The predicted molar refractivity (Wildman–Crippen MR) is 90.0 cm³/mol. The maximum Gasteiger partial charge on any atom is 0.126 e. The highest BCUT2D eigenvalue weighted by Gasteiger charge is 2.28. The first-order valence-electron chi connectivity index (χ1n) is 8.21. The van der Waals surface area contributed by atoms with Crippen molar-refractivity contribution in [3.8, 4) is 5.75 Å². The van der Waals surface area contributed by atoms with Crippen molar-refractivity contribution in [2.24, 2.45) is 11.7 Å². The molecule has 2 atom stereocenters. The molecule has 118 valence electrons. The molecular weight excluding hydrogens is 274 g/mol. The van der Waals surface area contributed by atoms with Crippen molar-refractivity contribution in [3.63, 3.8) is 0 Å². The quantitative estimate of drug-likeness (QED) is 0.903. The average Bonchev–Trinajstić information content (AvgIpc) is 2.60. The van der Waals surface area contributed by atoms with Gasteiger partial charge in [-0.2, -0.15) is 0 Å². The molecule has 3 rings (SSSR count). The SMILES string of the molecule is COc1ccc([C@H](N)[C@H](O)C2CCCCC2)c2ccccc12. The number of benzene rings is 2. The topological polar surface area (TPSA) is 55.5 Å². The summed E-state index contributed by atoms with van der Waals surface area (Å²) in [6, 6.07) is 11.7. The van der Waals surface area contributed by atoms with E-state index in [0.717, 1.165) is 34.9 Å². The Labute approximate surface area is 132 Å². The van der Waals surface area contributed by atoms with Gasteiger partial charge in [0.05, 0.1) is 19.3 Å². The van der Waals surface area contributed by atoms with Crippen molar-refractivity contribution in [1.29, 1.82) is 0 Å². The molecule has 0 amide bonds. The first-order chi connectivity index (χ1) is 10.7. The van der Waals surface area contributed by atoms with Crippen molar-refractivity contribution in [2.75, 3.05) is 7.11 Å². The minimum Gasteiger partial charge on any atom is -0.496 e. The minimum absolute atomic E-state index is 0.324. The number of fused-ring (bicyclic) bond motifs is 1. The van der Waals surface area contributed by atoms with Gasteiger partial charge < -0.3 is 15.6 Å². The molecule has 0 spiro atoms. The molecule has 1 aliphatic carbocycles. The summed E-state index contributed by atoms with van der Waals surface area (Å²) >= 11 is 0. The first-order valence-corrected chi connectivity index (χ1v) is 8.21. The van der Waals surface area contributed by atoms with Crippen molar-refractivity contribution < 1.29 is 9.84 Å². The van der Waals surface area contributed by atoms with Crippen LogP contribution in [0.25, 0.3) is 10.8 Å². The van der Waals surface area contributed by atoms with Gasteiger partial charge >= 0.3 is 0 Å². The Morgan fingerprint density at radius 3 is 2.41 bits per heavy atom. The summed E-state index contributed by atoms with van der Waals surface area (Å²) in [6.07, 6.45) is 5.39. The van der Waals surface area contributed by atoms with Crippen LogP contribution >= 0.6 is 0 Å². The third-order valence-electron chi connectivity index (χ3n) is 5.00. The Bertz CT molecular complexity index is 634. The van der Waals surface area contributed by atoms with Crippen molar-refractivity contribution in [1.82, 2.24) is 0 Å². The molecule has 0 aliphatic heterocycles. The van der Waals surface area contributed by atoms with Gasteiger partial charge in [-0.15, -0.1) is 0 Å². The lowest BCUT2D eigenvalue weighted by Gasteiger charge is -2.31. The Morgan fingerprint density at radius 2 is 1.73 bits per heavy atom. The monoisotopic (exact) mass is 299 g/mol. The smallest absolute Gasteiger partial charge is 0.126 e. The maximum atomic E-state index is 10.7. The normalized spacial score (nSPS) is 19.0. The molecule has 1 saturated carbocycles. The second-order valence-corrected chi connectivity index (χ2v) is 6.32. The van der Waals surface area contributed by atoms with Gasteiger partial charge in [-0.1, -0.05) is 49.6 Å². The molecule has 0 aromatic heterocycles. The van der Waals surface area contributed by atoms with E-state index in [-0.39, 0.29) is 6.04 Å². The number of hydrogen-bond acceptors (Lipinski definition) is 3. The lowest BCUT2D eigenvalue weighted by atomic mass is 9.80. The van der Waals surface area contributed by atoms with Crippen LogP contribution in [-0.4, -0.2) is 18.3 Å². The third-order valence-corrected chi connectivity index (χ3v) is 5.00. The van der Waals surface area contributed by atoms with Crippen LogP contribution in [0.3, 0.4) is 0 Å². The molecule has 0 bridgehead atoms. The van der Waals surface area contributed by atoms with Gasteiger partial charge in [0.25, 0.3) is 0 Å². The number of rotatable bonds is 4. The summed E-state index contributed by atoms with van der Waals surface area (Å²) in [5, 5.41) is 12.8. The molecule has 22 heavy (non-hydrogen) atoms. The molecule has 3 N–H and O–H groups in total. The number of ether oxygens (including phenoxy) is 1. The van der Waals surface area contributed by atoms with Crippen LogP contribution in [-0.2, 0) is 0 Å². The molecular formula is C19H25NO2. The molecule has 0 radical (unpaired) electrons. The van der Waals surface area contributed by atoms with Crippen LogP contribution < -0.4 is 10.5 Å². The predicted octanol–water partition coefficient (Wildman–Crippen LogP) is 3.79. The van der Waals surface area contributed by atoms with Gasteiger partial charge in [0, 0.05) is 5.39 Å². The molecule has 1 fully saturated rings. The maximum absolute atomic E-state index is 10.7. The number of methoxy groups -OCH3 is 1. The highest BCUT2D eigenvalue weighted by molar-refractivity contribution is 5.91. The van der Waals surface area contributed by atoms with Gasteiger partial charge in [-0.05, 0) is 35.8 Å². The lowest BCUT2D eigenvalue weighted by molar-refractivity contribution is 0.0622. The van der Waals surface area contributed by atoms with E-state index in [9.17, 15) is 5.11 Å². The summed E-state index contributed by atoms with van der Waals surface area (Å²) in [6.45, 7) is 0. The molecule has 2 aromatic rings. The van der Waals surface area contributed by atoms with Crippen LogP contribution in [0, 0.1) is 5.92 Å². The molecule has 0 heterocycles. The average molecular weight is 299 g/mol. The fourth-order valence-electron chi connectivity index (χ4n) is 3.72. The first kappa shape index (κ1) is 15.3. The van der Waals surface area contributed by atoms with Gasteiger partial charge in [0.15, 0.2) is 0 Å². The standard InChI is InChI=1S/C19H25NO2/c1-22-17-12-11-16(14-9-5-6-10-15(14)17)18(20)19(21)13-7-3-2-4-8-13/h5-6,9-13,18-19,21H,2-4,7-8,20H2,1H3/t18-,19+/m0/s1. The molecule has 1 aliphatic rings. The summed E-state index contributed by atoms with van der Waals surface area (Å²) in [7, 11) is 1.68. The van der Waals surface area contributed by atoms with E-state index >= 15 is 0 Å². The van der Waals surface area contributed by atoms with Crippen LogP contribution in [0.1, 0.15) is 43.7 Å². The Morgan fingerprint density at radius 1 is 1.05 bits per heavy atom. The van der Waals surface area contributed by atoms with Crippen LogP contribution in [0.5, 0.6) is 5.75 Å². The zero-order chi connectivity index (χ0) is 15.5. The van der Waals surface area contributed by atoms with Gasteiger partial charge in [-0.3, -0.25) is 0 Å². The molecule has 2 aromatic carbocycles. The fraction of sp³-hybridized carbons (Fsp3) is 0.474. The highest BCUT2D eigenvalue weighted by atomic mass is 16.5. The highest BCUT2D eigenvalue weighted by Crippen LogP contribution is 2.36. The minimum atomic E-state index is -0.475. The van der Waals surface area contributed by atoms with Crippen molar-refractivity contribution >= 4 is 10.8 Å². The van der Waals surface area contributed by atoms with E-state index in [0.29, 0.717) is 5.92 Å². The van der Waals surface area contributed by atoms with E-state index in [1.807, 2.05) is 30.3 Å². The van der Waals surface area contributed by atoms with E-state index < -0.39 is 6.10 Å². The zero-order valence-electron chi connectivity index (χ0n) is 13.2. The molecule has 0 saturated heterocycles. The van der Waals surface area contributed by atoms with E-state index in [2.05, 4.69) is 6.07 Å². The second kappa shape index (κ2) is 6.67. The molecule has 3 nitrogen and oxygen atoms in total. The summed E-state index contributed by atoms with van der Waals surface area (Å²) in [5.74, 6) is 1.17. The van der Waals surface area contributed by atoms with Gasteiger partial charge in [-0.25, -0.2) is 0 Å². The number of nitrogens with two attached hydrogens (primary N) is 1. The summed E-state index contributed by atoms with van der Waals surface area (Å²) in [4.78, 5) is 0. The van der Waals surface area contributed by atoms with Gasteiger partial charge in [0.1, 0.15) is 5.75 Å². The molecule has 0 unspecified atom stereocenters. The van der Waals surface area contributed by atoms with Gasteiger partial charge in [0.2, 0.25) is 0 Å². The lowest BCUT2D eigenvalue weighted by Crippen LogP contribution is -2.34. The van der Waals surface area contributed by atoms with Crippen LogP contribution in [0.4, 0.5) is 0 Å². The number of aliphatic hydroxyl groups is 1. The van der Waals surface area contributed by atoms with Crippen molar-refractivity contribution in [3.05, 3.63) is 42.0 Å². The molecule has 3 heteroatoms. The van der Waals surface area contributed by atoms with E-state index in [4.69, 9.17) is 10.5 Å². The zero-order valence-corrected chi connectivity index (χ0v) is 13.2. The number of aliphatic hydroxyl groups excluding tert-OH is 1. The largest absolute Gasteiger partial charge is 0.496 e. The van der Waals surface area contributed by atoms with Crippen LogP contribution in [0.2, 0.25) is 0 Å². The van der Waals surface area contributed by atoms with E-state index in [1.165, 1.54) is 19.3 Å². The van der Waals surface area contributed by atoms with E-state index in [1.54, 1.807) is 7.11 Å². The Kier molecular flexibility index (Phi) is 4.65. The summed E-state index contributed by atoms with van der Waals surface area (Å²) < 4.78 is 5.44. The second-order valence-electron chi connectivity index (χ2n) is 6.32. The fourth-order valence-corrected chi connectivity index (χ4v) is 3.72. The Balaban J connectivity index is 1.95. The number of hydrogen-bond donors (Lipinski definition) is 2. The Hall–Kier alpha value is -1.58. The van der Waals surface area contributed by atoms with Crippen molar-refractivity contribution in [2.45, 2.75) is 44.2 Å². The van der Waals surface area contributed by atoms with Crippen LogP contribution in [0.15, 0.2) is 36.4 Å². The summed E-state index contributed by atoms with van der Waals surface area (Å²) in [5.41, 5.74) is 7.44. The third kappa shape index (κ3) is 2.83.